The number of aryl methyl sites for hydroxylation is 1. The second kappa shape index (κ2) is 8.25. The molecule has 0 N–H and O–H groups in total. The number of hydrogen-bond acceptors (Lipinski definition) is 2. The van der Waals surface area contributed by atoms with Gasteiger partial charge in [0.25, 0.3) is 0 Å². The number of benzene rings is 2. The van der Waals surface area contributed by atoms with E-state index in [1.807, 2.05) is 43.3 Å². The Morgan fingerprint density at radius 3 is 2.10 bits per heavy atom. The van der Waals surface area contributed by atoms with Crippen LogP contribution in [0.3, 0.4) is 0 Å². The van der Waals surface area contributed by atoms with E-state index < -0.39 is 0 Å². The highest BCUT2D eigenvalue weighted by Crippen LogP contribution is 2.17. The molecule has 0 saturated heterocycles. The lowest BCUT2D eigenvalue weighted by molar-refractivity contribution is -0.148. The third kappa shape index (κ3) is 5.07. The zero-order chi connectivity index (χ0) is 14.9. The molecule has 2 aromatic carbocycles. The Balaban J connectivity index is 2.00. The molecule has 0 heterocycles. The summed E-state index contributed by atoms with van der Waals surface area (Å²) in [6.07, 6.45) is 2.46. The van der Waals surface area contributed by atoms with Crippen molar-refractivity contribution in [1.82, 2.24) is 0 Å². The lowest BCUT2D eigenvalue weighted by atomic mass is 9.93. The van der Waals surface area contributed by atoms with E-state index in [1.165, 1.54) is 11.1 Å². The molecule has 0 aliphatic heterocycles. The van der Waals surface area contributed by atoms with Crippen molar-refractivity contribution in [3.63, 3.8) is 0 Å². The van der Waals surface area contributed by atoms with Crippen molar-refractivity contribution in [2.45, 2.75) is 26.2 Å². The first kappa shape index (κ1) is 15.3. The number of ether oxygens (including phenoxy) is 1. The fraction of sp³-hybridized carbons (Fsp3) is 0.316. The van der Waals surface area contributed by atoms with Crippen LogP contribution >= 0.6 is 0 Å². The van der Waals surface area contributed by atoms with Gasteiger partial charge in [0.15, 0.2) is 0 Å². The Morgan fingerprint density at radius 2 is 1.52 bits per heavy atom. The van der Waals surface area contributed by atoms with Gasteiger partial charge in [-0.05, 0) is 37.3 Å². The van der Waals surface area contributed by atoms with Crippen LogP contribution < -0.4 is 0 Å². The molecule has 0 spiro atoms. The highest BCUT2D eigenvalue weighted by Gasteiger charge is 2.20. The van der Waals surface area contributed by atoms with Gasteiger partial charge < -0.3 is 4.74 Å². The second-order valence-corrected chi connectivity index (χ2v) is 5.16. The van der Waals surface area contributed by atoms with Gasteiger partial charge in [-0.15, -0.1) is 0 Å². The molecule has 1 unspecified atom stereocenters. The quantitative estimate of drug-likeness (QED) is 0.716. The molecule has 2 aromatic rings. The fourth-order valence-electron chi connectivity index (χ4n) is 2.45. The predicted octanol–water partition coefficient (Wildman–Crippen LogP) is 4.04. The van der Waals surface area contributed by atoms with E-state index in [2.05, 4.69) is 24.3 Å². The number of rotatable bonds is 7. The van der Waals surface area contributed by atoms with Crippen LogP contribution in [0.4, 0.5) is 0 Å². The summed E-state index contributed by atoms with van der Waals surface area (Å²) in [6.45, 7) is 2.30. The summed E-state index contributed by atoms with van der Waals surface area (Å²) in [5, 5.41) is 0. The zero-order valence-electron chi connectivity index (χ0n) is 12.5. The third-order valence-corrected chi connectivity index (χ3v) is 3.57. The molecule has 21 heavy (non-hydrogen) atoms. The van der Waals surface area contributed by atoms with E-state index in [-0.39, 0.29) is 11.9 Å². The molecule has 2 heteroatoms. The van der Waals surface area contributed by atoms with Gasteiger partial charge >= 0.3 is 5.97 Å². The van der Waals surface area contributed by atoms with Gasteiger partial charge in [-0.25, -0.2) is 0 Å². The highest BCUT2D eigenvalue weighted by atomic mass is 16.5. The number of carbonyl (C=O) groups excluding carboxylic acids is 1. The van der Waals surface area contributed by atoms with Crippen LogP contribution in [0.25, 0.3) is 0 Å². The average molecular weight is 282 g/mol. The first-order valence-corrected chi connectivity index (χ1v) is 7.54. The highest BCUT2D eigenvalue weighted by molar-refractivity contribution is 5.72. The Kier molecular flexibility index (Phi) is 6.01. The standard InChI is InChI=1S/C19H22O2/c1-2-21-19(20)18(15-17-11-7-4-8-12-17)14-13-16-9-5-3-6-10-16/h3-12,18H,2,13-15H2,1H3. The molecular weight excluding hydrogens is 260 g/mol. The fourth-order valence-corrected chi connectivity index (χ4v) is 2.45. The van der Waals surface area contributed by atoms with E-state index in [4.69, 9.17) is 4.74 Å². The van der Waals surface area contributed by atoms with E-state index in [0.29, 0.717) is 6.61 Å². The Bertz CT molecular complexity index is 534. The van der Waals surface area contributed by atoms with E-state index in [0.717, 1.165) is 19.3 Å². The lowest BCUT2D eigenvalue weighted by Gasteiger charge is -2.15. The minimum atomic E-state index is -0.0858. The second-order valence-electron chi connectivity index (χ2n) is 5.16. The number of esters is 1. The molecule has 110 valence electrons. The summed E-state index contributed by atoms with van der Waals surface area (Å²) < 4.78 is 5.23. The van der Waals surface area contributed by atoms with Crippen molar-refractivity contribution in [2.75, 3.05) is 6.61 Å². The normalized spacial score (nSPS) is 11.9. The van der Waals surface area contributed by atoms with Crippen LogP contribution in [-0.4, -0.2) is 12.6 Å². The summed E-state index contributed by atoms with van der Waals surface area (Å²) >= 11 is 0. The maximum atomic E-state index is 12.1. The first-order valence-electron chi connectivity index (χ1n) is 7.54. The Labute approximate surface area is 126 Å². The van der Waals surface area contributed by atoms with E-state index in [1.54, 1.807) is 0 Å². The summed E-state index contributed by atoms with van der Waals surface area (Å²) in [5.74, 6) is -0.162. The molecule has 1 atom stereocenters. The molecule has 0 aliphatic rings. The Morgan fingerprint density at radius 1 is 0.952 bits per heavy atom. The molecule has 0 saturated carbocycles. The lowest BCUT2D eigenvalue weighted by Crippen LogP contribution is -2.21. The minimum Gasteiger partial charge on any atom is -0.466 e. The van der Waals surface area contributed by atoms with Gasteiger partial charge in [0.1, 0.15) is 0 Å². The van der Waals surface area contributed by atoms with Gasteiger partial charge in [0.05, 0.1) is 12.5 Å². The van der Waals surface area contributed by atoms with Crippen LogP contribution in [0.5, 0.6) is 0 Å². The van der Waals surface area contributed by atoms with Gasteiger partial charge in [0, 0.05) is 0 Å². The van der Waals surface area contributed by atoms with Crippen molar-refractivity contribution in [3.8, 4) is 0 Å². The first-order chi connectivity index (χ1) is 10.3. The van der Waals surface area contributed by atoms with Gasteiger partial charge in [-0.1, -0.05) is 60.7 Å². The van der Waals surface area contributed by atoms with E-state index in [9.17, 15) is 4.79 Å². The van der Waals surface area contributed by atoms with Crippen molar-refractivity contribution in [2.24, 2.45) is 5.92 Å². The molecule has 0 aliphatic carbocycles. The molecule has 0 fully saturated rings. The van der Waals surface area contributed by atoms with E-state index >= 15 is 0 Å². The van der Waals surface area contributed by atoms with Crippen molar-refractivity contribution >= 4 is 5.97 Å². The van der Waals surface area contributed by atoms with Crippen molar-refractivity contribution in [1.29, 1.82) is 0 Å². The number of carbonyl (C=O) groups is 1. The molecule has 0 bridgehead atoms. The van der Waals surface area contributed by atoms with Crippen LogP contribution in [0.1, 0.15) is 24.5 Å². The average Bonchev–Trinajstić information content (AvgIpc) is 2.53. The van der Waals surface area contributed by atoms with Crippen LogP contribution in [0.2, 0.25) is 0 Å². The number of hydrogen-bond donors (Lipinski definition) is 0. The molecule has 0 aromatic heterocycles. The molecule has 2 rings (SSSR count). The third-order valence-electron chi connectivity index (χ3n) is 3.57. The van der Waals surface area contributed by atoms with Crippen molar-refractivity contribution < 1.29 is 9.53 Å². The summed E-state index contributed by atoms with van der Waals surface area (Å²) in [6, 6.07) is 20.4. The smallest absolute Gasteiger partial charge is 0.309 e. The van der Waals surface area contributed by atoms with Crippen molar-refractivity contribution in [3.05, 3.63) is 71.8 Å². The molecule has 0 radical (unpaired) electrons. The van der Waals surface area contributed by atoms with Crippen LogP contribution in [-0.2, 0) is 22.4 Å². The van der Waals surface area contributed by atoms with Gasteiger partial charge in [-0.3, -0.25) is 4.79 Å². The summed E-state index contributed by atoms with van der Waals surface area (Å²) in [4.78, 5) is 12.1. The molecular formula is C19H22O2. The minimum absolute atomic E-state index is 0.0763. The summed E-state index contributed by atoms with van der Waals surface area (Å²) in [5.41, 5.74) is 2.45. The Hall–Kier alpha value is -2.09. The maximum absolute atomic E-state index is 12.1. The molecule has 0 amide bonds. The van der Waals surface area contributed by atoms with Crippen LogP contribution in [0, 0.1) is 5.92 Å². The largest absolute Gasteiger partial charge is 0.466 e. The zero-order valence-corrected chi connectivity index (χ0v) is 12.5. The van der Waals surface area contributed by atoms with Crippen LogP contribution in [0.15, 0.2) is 60.7 Å². The predicted molar refractivity (Wildman–Crippen MR) is 85.0 cm³/mol. The summed E-state index contributed by atoms with van der Waals surface area (Å²) in [7, 11) is 0. The monoisotopic (exact) mass is 282 g/mol. The SMILES string of the molecule is CCOC(=O)C(CCc1ccccc1)Cc1ccccc1. The topological polar surface area (TPSA) is 26.3 Å². The van der Waals surface area contributed by atoms with Gasteiger partial charge in [-0.2, -0.15) is 0 Å². The maximum Gasteiger partial charge on any atom is 0.309 e. The molecule has 2 nitrogen and oxygen atoms in total. The van der Waals surface area contributed by atoms with Gasteiger partial charge in [0.2, 0.25) is 0 Å².